The number of carbonyl (C=O) groups excluding carboxylic acids is 1. The van der Waals surface area contributed by atoms with Crippen molar-refractivity contribution in [2.24, 2.45) is 10.1 Å². The van der Waals surface area contributed by atoms with Crippen molar-refractivity contribution >= 4 is 74.6 Å². The average molecular weight is 672 g/mol. The molecule has 0 atom stereocenters. The Morgan fingerprint density at radius 1 is 0.864 bits per heavy atom. The van der Waals surface area contributed by atoms with Crippen molar-refractivity contribution in [3.63, 3.8) is 0 Å². The predicted octanol–water partition coefficient (Wildman–Crippen LogP) is 8.73. The Morgan fingerprint density at radius 2 is 1.52 bits per heavy atom. The number of hydrogen-bond donors (Lipinski definition) is 1. The standard InChI is InChI=1S/C32H29Cl3N4O4S/c1-2-3-4-7-14-41-21-10-12-22(13-11-21)42-15-16-43-28-26(34)18-20(19-27(28)35)17-24-29(36)39-32(37-30(24)40)44-31(38-39)23-8-5-6-9-25(23)33/h5-6,8-13,17-19,36H,2-4,7,14-16H2,1H3/b24-17-,36-29?. The van der Waals surface area contributed by atoms with E-state index in [2.05, 4.69) is 17.0 Å². The van der Waals surface area contributed by atoms with Crippen LogP contribution in [-0.4, -0.2) is 46.8 Å². The van der Waals surface area contributed by atoms with E-state index < -0.39 is 5.91 Å². The number of carbonyl (C=O) groups is 1. The van der Waals surface area contributed by atoms with Gasteiger partial charge in [-0.3, -0.25) is 10.2 Å². The van der Waals surface area contributed by atoms with E-state index in [4.69, 9.17) is 54.4 Å². The van der Waals surface area contributed by atoms with Crippen molar-refractivity contribution in [3.05, 3.63) is 92.4 Å². The number of aliphatic imine (C=N–C) groups is 1. The molecule has 5 rings (SSSR count). The fraction of sp³-hybridized carbons (Fsp3) is 0.250. The number of hydrazone groups is 1. The molecule has 1 N–H and O–H groups in total. The van der Waals surface area contributed by atoms with Gasteiger partial charge < -0.3 is 14.2 Å². The molecular weight excluding hydrogens is 643 g/mol. The van der Waals surface area contributed by atoms with Gasteiger partial charge in [0.05, 0.1) is 27.2 Å². The molecule has 0 spiro atoms. The average Bonchev–Trinajstić information content (AvgIpc) is 3.43. The van der Waals surface area contributed by atoms with E-state index >= 15 is 0 Å². The van der Waals surface area contributed by atoms with E-state index in [0.29, 0.717) is 39.3 Å². The van der Waals surface area contributed by atoms with Crippen molar-refractivity contribution in [2.45, 2.75) is 32.6 Å². The minimum Gasteiger partial charge on any atom is -0.494 e. The summed E-state index contributed by atoms with van der Waals surface area (Å²) in [5.41, 5.74) is 1.24. The first-order valence-corrected chi connectivity index (χ1v) is 16.0. The van der Waals surface area contributed by atoms with Gasteiger partial charge in [-0.05, 0) is 72.3 Å². The van der Waals surface area contributed by atoms with Crippen LogP contribution in [0.1, 0.15) is 43.7 Å². The molecule has 0 aliphatic carbocycles. The van der Waals surface area contributed by atoms with Gasteiger partial charge in [0.1, 0.15) is 29.8 Å². The number of rotatable bonds is 13. The zero-order valence-electron chi connectivity index (χ0n) is 23.8. The van der Waals surface area contributed by atoms with Gasteiger partial charge in [0.2, 0.25) is 5.17 Å². The summed E-state index contributed by atoms with van der Waals surface area (Å²) < 4.78 is 17.3. The predicted molar refractivity (Wildman–Crippen MR) is 179 cm³/mol. The minimum atomic E-state index is -0.569. The second kappa shape index (κ2) is 15.0. The molecule has 12 heteroatoms. The Labute approximate surface area is 275 Å². The lowest BCUT2D eigenvalue weighted by molar-refractivity contribution is -0.114. The van der Waals surface area contributed by atoms with Crippen LogP contribution in [-0.2, 0) is 4.79 Å². The first kappa shape index (κ1) is 31.9. The number of halogens is 3. The van der Waals surface area contributed by atoms with Crippen LogP contribution in [0, 0.1) is 5.41 Å². The molecule has 0 saturated heterocycles. The first-order valence-electron chi connectivity index (χ1n) is 14.1. The summed E-state index contributed by atoms with van der Waals surface area (Å²) >= 11 is 20.5. The second-order valence-corrected chi connectivity index (χ2v) is 12.0. The maximum absolute atomic E-state index is 12.9. The minimum absolute atomic E-state index is 0.0422. The summed E-state index contributed by atoms with van der Waals surface area (Å²) in [4.78, 5) is 17.0. The van der Waals surface area contributed by atoms with Crippen LogP contribution < -0.4 is 14.2 Å². The molecule has 228 valence electrons. The normalized spacial score (nSPS) is 15.3. The summed E-state index contributed by atoms with van der Waals surface area (Å²) in [6.45, 7) is 3.36. The summed E-state index contributed by atoms with van der Waals surface area (Å²) in [5.74, 6) is 1.11. The van der Waals surface area contributed by atoms with Crippen LogP contribution in [0.15, 0.2) is 76.3 Å². The van der Waals surface area contributed by atoms with Crippen molar-refractivity contribution in [1.82, 2.24) is 5.01 Å². The SMILES string of the molecule is CCCCCCOc1ccc(OCCOc2c(Cl)cc(/C=C3/C(=N)N4N=C(c5ccccc5Cl)SC4=NC3=O)cc2Cl)cc1. The molecule has 0 bridgehead atoms. The number of benzene rings is 3. The third kappa shape index (κ3) is 7.77. The molecule has 0 saturated carbocycles. The van der Waals surface area contributed by atoms with Crippen molar-refractivity contribution < 1.29 is 19.0 Å². The monoisotopic (exact) mass is 670 g/mol. The molecule has 44 heavy (non-hydrogen) atoms. The molecule has 0 fully saturated rings. The van der Waals surface area contributed by atoms with Crippen LogP contribution in [0.2, 0.25) is 15.1 Å². The van der Waals surface area contributed by atoms with E-state index in [-0.39, 0.29) is 39.8 Å². The number of thioether (sulfide) groups is 1. The number of nitrogens with one attached hydrogen (secondary N) is 1. The molecule has 3 aromatic rings. The van der Waals surface area contributed by atoms with Gasteiger partial charge in [-0.2, -0.15) is 15.1 Å². The Hall–Kier alpha value is -3.50. The van der Waals surface area contributed by atoms with Gasteiger partial charge in [0.25, 0.3) is 5.91 Å². The molecule has 0 unspecified atom stereocenters. The van der Waals surface area contributed by atoms with Crippen molar-refractivity contribution in [1.29, 1.82) is 5.41 Å². The molecule has 0 aromatic heterocycles. The smallest absolute Gasteiger partial charge is 0.283 e. The topological polar surface area (TPSA) is 96.6 Å². The quantitative estimate of drug-likeness (QED) is 0.144. The number of unbranched alkanes of at least 4 members (excludes halogenated alkanes) is 3. The highest BCUT2D eigenvalue weighted by molar-refractivity contribution is 8.27. The van der Waals surface area contributed by atoms with Crippen molar-refractivity contribution in [2.75, 3.05) is 19.8 Å². The lowest BCUT2D eigenvalue weighted by Gasteiger charge is -2.20. The van der Waals surface area contributed by atoms with E-state index in [1.165, 1.54) is 42.1 Å². The van der Waals surface area contributed by atoms with E-state index in [1.807, 2.05) is 42.5 Å². The second-order valence-electron chi connectivity index (χ2n) is 9.80. The third-order valence-corrected chi connectivity index (χ3v) is 8.41. The number of fused-ring (bicyclic) bond motifs is 1. The Kier molecular flexibility index (Phi) is 10.9. The van der Waals surface area contributed by atoms with E-state index in [0.717, 1.165) is 12.2 Å². The van der Waals surface area contributed by atoms with Gasteiger partial charge in [-0.1, -0.05) is 79.2 Å². The first-order chi connectivity index (χ1) is 21.3. The van der Waals surface area contributed by atoms with Crippen LogP contribution >= 0.6 is 46.6 Å². The Morgan fingerprint density at radius 3 is 2.20 bits per heavy atom. The molecule has 8 nitrogen and oxygen atoms in total. The lowest BCUT2D eigenvalue weighted by Crippen LogP contribution is -2.35. The maximum atomic E-state index is 12.9. The summed E-state index contributed by atoms with van der Waals surface area (Å²) in [6, 6.07) is 17.9. The van der Waals surface area contributed by atoms with Gasteiger partial charge >= 0.3 is 0 Å². The van der Waals surface area contributed by atoms with Crippen LogP contribution in [0.4, 0.5) is 0 Å². The lowest BCUT2D eigenvalue weighted by atomic mass is 10.1. The number of ether oxygens (including phenoxy) is 3. The Bertz CT molecular complexity index is 1620. The fourth-order valence-electron chi connectivity index (χ4n) is 4.36. The number of amides is 1. The largest absolute Gasteiger partial charge is 0.494 e. The van der Waals surface area contributed by atoms with Gasteiger partial charge in [0.15, 0.2) is 11.6 Å². The number of amidine groups is 2. The van der Waals surface area contributed by atoms with Crippen LogP contribution in [0.3, 0.4) is 0 Å². The van der Waals surface area contributed by atoms with E-state index in [9.17, 15) is 4.79 Å². The van der Waals surface area contributed by atoms with Gasteiger partial charge in [0, 0.05) is 5.56 Å². The fourth-order valence-corrected chi connectivity index (χ4v) is 6.18. The zero-order valence-corrected chi connectivity index (χ0v) is 26.9. The molecule has 1 amide bonds. The van der Waals surface area contributed by atoms with Gasteiger partial charge in [-0.15, -0.1) is 0 Å². The number of hydrogen-bond acceptors (Lipinski definition) is 7. The maximum Gasteiger partial charge on any atom is 0.283 e. The highest BCUT2D eigenvalue weighted by atomic mass is 35.5. The third-order valence-electron chi connectivity index (χ3n) is 6.58. The molecular formula is C32H29Cl3N4O4S. The van der Waals surface area contributed by atoms with Crippen LogP contribution in [0.25, 0.3) is 6.08 Å². The molecule has 3 aromatic carbocycles. The van der Waals surface area contributed by atoms with Gasteiger partial charge in [-0.25, -0.2) is 0 Å². The van der Waals surface area contributed by atoms with Crippen molar-refractivity contribution in [3.8, 4) is 17.2 Å². The summed E-state index contributed by atoms with van der Waals surface area (Å²) in [5, 5.41) is 16.3. The van der Waals surface area contributed by atoms with E-state index in [1.54, 1.807) is 18.2 Å². The molecule has 2 heterocycles. The Balaban J connectivity index is 1.17. The highest BCUT2D eigenvalue weighted by Crippen LogP contribution is 2.36. The molecule has 2 aliphatic heterocycles. The number of nitrogens with zero attached hydrogens (tertiary/aromatic N) is 3. The van der Waals surface area contributed by atoms with Crippen LogP contribution in [0.5, 0.6) is 17.2 Å². The zero-order chi connectivity index (χ0) is 31.1. The molecule has 2 aliphatic rings. The highest BCUT2D eigenvalue weighted by Gasteiger charge is 2.36. The summed E-state index contributed by atoms with van der Waals surface area (Å²) in [6.07, 6.45) is 6.14. The summed E-state index contributed by atoms with van der Waals surface area (Å²) in [7, 11) is 0. The molecule has 0 radical (unpaired) electrons.